The molecule has 2 N–H and O–H groups in total. The Morgan fingerprint density at radius 3 is 2.35 bits per heavy atom. The molecule has 162 valence electrons. The average Bonchev–Trinajstić information content (AvgIpc) is 3.15. The van der Waals surface area contributed by atoms with Crippen LogP contribution in [0.4, 0.5) is 18.9 Å². The molecule has 0 spiro atoms. The van der Waals surface area contributed by atoms with Gasteiger partial charge in [-0.1, -0.05) is 35.3 Å². The maximum absolute atomic E-state index is 13.3. The second-order valence-corrected chi connectivity index (χ2v) is 7.30. The van der Waals surface area contributed by atoms with Crippen LogP contribution in [0.3, 0.4) is 0 Å². The largest absolute Gasteiger partial charge is 0.435 e. The summed E-state index contributed by atoms with van der Waals surface area (Å²) in [6.07, 6.45) is -4.79. The van der Waals surface area contributed by atoms with Gasteiger partial charge in [-0.15, -0.1) is 0 Å². The fourth-order valence-electron chi connectivity index (χ4n) is 2.89. The number of hydrogen-bond donors (Lipinski definition) is 2. The van der Waals surface area contributed by atoms with Crippen LogP contribution < -0.4 is 10.6 Å². The van der Waals surface area contributed by atoms with Crippen molar-refractivity contribution in [3.05, 3.63) is 75.0 Å². The molecule has 1 heterocycles. The van der Waals surface area contributed by atoms with E-state index in [9.17, 15) is 22.8 Å². The van der Waals surface area contributed by atoms with Gasteiger partial charge in [0.15, 0.2) is 5.69 Å². The Balaban J connectivity index is 2.12. The maximum Gasteiger partial charge on any atom is 0.435 e. The lowest BCUT2D eigenvalue weighted by atomic mass is 10.1. The van der Waals surface area contributed by atoms with Gasteiger partial charge < -0.3 is 10.6 Å². The number of amides is 2. The molecule has 1 aromatic heterocycles. The van der Waals surface area contributed by atoms with Crippen molar-refractivity contribution in [2.45, 2.75) is 13.1 Å². The fourth-order valence-corrected chi connectivity index (χ4v) is 3.38. The van der Waals surface area contributed by atoms with E-state index in [4.69, 9.17) is 23.2 Å². The zero-order chi connectivity index (χ0) is 22.9. The molecular weight excluding hydrogens is 456 g/mol. The fraction of sp³-hybridized carbons (Fsp3) is 0.150. The number of carbonyl (C=O) groups is 2. The van der Waals surface area contributed by atoms with Crippen molar-refractivity contribution in [3.63, 3.8) is 0 Å². The van der Waals surface area contributed by atoms with Gasteiger partial charge in [-0.05, 0) is 36.8 Å². The first-order valence-electron chi connectivity index (χ1n) is 8.78. The standard InChI is InChI=1S/C20H15Cl2F3N4O2/c1-10-7-11(21)8-12(18(30)26-2)17(10)27-19(31)15-9-16(20(23,24)25)28-29(15)14-6-4-3-5-13(14)22/h3-9H,1-2H3,(H,26,30)(H,27,31). The SMILES string of the molecule is CNC(=O)c1cc(Cl)cc(C)c1NC(=O)c1cc(C(F)(F)F)nn1-c1ccccc1Cl. The number of nitrogens with zero attached hydrogens (tertiary/aromatic N) is 2. The maximum atomic E-state index is 13.3. The minimum absolute atomic E-state index is 0.0562. The Labute approximate surface area is 185 Å². The van der Waals surface area contributed by atoms with Crippen LogP contribution in [0, 0.1) is 6.92 Å². The van der Waals surface area contributed by atoms with Gasteiger partial charge in [0.25, 0.3) is 11.8 Å². The van der Waals surface area contributed by atoms with Crippen molar-refractivity contribution in [2.24, 2.45) is 0 Å². The zero-order valence-electron chi connectivity index (χ0n) is 16.1. The minimum Gasteiger partial charge on any atom is -0.355 e. The second kappa shape index (κ2) is 8.60. The molecule has 3 rings (SSSR count). The van der Waals surface area contributed by atoms with Gasteiger partial charge in [0, 0.05) is 18.1 Å². The lowest BCUT2D eigenvalue weighted by Crippen LogP contribution is -2.23. The van der Waals surface area contributed by atoms with Crippen LogP contribution in [-0.4, -0.2) is 28.6 Å². The molecule has 0 saturated carbocycles. The first-order valence-corrected chi connectivity index (χ1v) is 9.54. The van der Waals surface area contributed by atoms with Crippen LogP contribution in [0.2, 0.25) is 10.0 Å². The topological polar surface area (TPSA) is 76.0 Å². The normalized spacial score (nSPS) is 11.3. The molecule has 0 saturated heterocycles. The molecule has 11 heteroatoms. The summed E-state index contributed by atoms with van der Waals surface area (Å²) in [5, 5.41) is 8.82. The van der Waals surface area contributed by atoms with Crippen LogP contribution in [0.25, 0.3) is 5.69 Å². The van der Waals surface area contributed by atoms with Gasteiger partial charge in [-0.2, -0.15) is 18.3 Å². The summed E-state index contributed by atoms with van der Waals surface area (Å²) in [5.41, 5.74) is -0.993. The van der Waals surface area contributed by atoms with Crippen molar-refractivity contribution in [2.75, 3.05) is 12.4 Å². The second-order valence-electron chi connectivity index (χ2n) is 6.45. The molecule has 0 aliphatic heterocycles. The summed E-state index contributed by atoms with van der Waals surface area (Å²) in [4.78, 5) is 25.2. The Morgan fingerprint density at radius 2 is 1.74 bits per heavy atom. The molecule has 0 bridgehead atoms. The molecule has 6 nitrogen and oxygen atoms in total. The third kappa shape index (κ3) is 4.67. The first kappa shape index (κ1) is 22.6. The molecule has 0 radical (unpaired) electrons. The van der Waals surface area contributed by atoms with Gasteiger partial charge in [0.1, 0.15) is 5.69 Å². The predicted octanol–water partition coefficient (Wildman–Crippen LogP) is 5.12. The van der Waals surface area contributed by atoms with E-state index in [2.05, 4.69) is 15.7 Å². The minimum atomic E-state index is -4.79. The number of anilines is 1. The van der Waals surface area contributed by atoms with E-state index < -0.39 is 29.4 Å². The Bertz CT molecular complexity index is 1180. The van der Waals surface area contributed by atoms with E-state index >= 15 is 0 Å². The van der Waals surface area contributed by atoms with E-state index in [-0.39, 0.29) is 27.0 Å². The number of nitrogens with one attached hydrogen (secondary N) is 2. The van der Waals surface area contributed by atoms with Crippen molar-refractivity contribution < 1.29 is 22.8 Å². The molecule has 0 fully saturated rings. The van der Waals surface area contributed by atoms with Gasteiger partial charge in [0.2, 0.25) is 0 Å². The van der Waals surface area contributed by atoms with E-state index in [1.165, 1.54) is 31.3 Å². The summed E-state index contributed by atoms with van der Waals surface area (Å²) in [5.74, 6) is -1.45. The number of aryl methyl sites for hydroxylation is 1. The number of carbonyl (C=O) groups excluding carboxylic acids is 2. The predicted molar refractivity (Wildman–Crippen MR) is 111 cm³/mol. The van der Waals surface area contributed by atoms with Crippen LogP contribution >= 0.6 is 23.2 Å². The highest BCUT2D eigenvalue weighted by molar-refractivity contribution is 6.32. The highest BCUT2D eigenvalue weighted by atomic mass is 35.5. The molecule has 0 aliphatic carbocycles. The van der Waals surface area contributed by atoms with Crippen LogP contribution in [0.15, 0.2) is 42.5 Å². The van der Waals surface area contributed by atoms with Gasteiger partial charge in [-0.25, -0.2) is 4.68 Å². The molecule has 2 aromatic carbocycles. The van der Waals surface area contributed by atoms with Crippen molar-refractivity contribution >= 4 is 40.7 Å². The van der Waals surface area contributed by atoms with Crippen molar-refractivity contribution in [1.29, 1.82) is 0 Å². The molecule has 31 heavy (non-hydrogen) atoms. The quantitative estimate of drug-likeness (QED) is 0.555. The Hall–Kier alpha value is -3.04. The van der Waals surface area contributed by atoms with Gasteiger partial charge >= 0.3 is 6.18 Å². The van der Waals surface area contributed by atoms with E-state index in [0.717, 1.165) is 4.68 Å². The highest BCUT2D eigenvalue weighted by Crippen LogP contribution is 2.32. The third-order valence-corrected chi connectivity index (χ3v) is 4.86. The van der Waals surface area contributed by atoms with Gasteiger partial charge in [0.05, 0.1) is 22.0 Å². The smallest absolute Gasteiger partial charge is 0.355 e. The van der Waals surface area contributed by atoms with Crippen LogP contribution in [0.1, 0.15) is 32.1 Å². The third-order valence-electron chi connectivity index (χ3n) is 4.32. The van der Waals surface area contributed by atoms with Crippen LogP contribution in [-0.2, 0) is 6.18 Å². The van der Waals surface area contributed by atoms with E-state index in [0.29, 0.717) is 11.6 Å². The first-order chi connectivity index (χ1) is 14.5. The Kier molecular flexibility index (Phi) is 6.28. The molecule has 0 aliphatic rings. The molecule has 0 atom stereocenters. The number of hydrogen-bond acceptors (Lipinski definition) is 3. The molecule has 0 unspecified atom stereocenters. The zero-order valence-corrected chi connectivity index (χ0v) is 17.7. The average molecular weight is 471 g/mol. The Morgan fingerprint density at radius 1 is 1.06 bits per heavy atom. The number of aromatic nitrogens is 2. The van der Waals surface area contributed by atoms with Gasteiger partial charge in [-0.3, -0.25) is 9.59 Å². The number of alkyl halides is 3. The van der Waals surface area contributed by atoms with E-state index in [1.54, 1.807) is 19.1 Å². The lowest BCUT2D eigenvalue weighted by Gasteiger charge is -2.15. The molecule has 2 amide bonds. The van der Waals surface area contributed by atoms with Crippen molar-refractivity contribution in [1.82, 2.24) is 15.1 Å². The number of halogens is 5. The highest BCUT2D eigenvalue weighted by Gasteiger charge is 2.36. The molecule has 3 aromatic rings. The number of para-hydroxylation sites is 1. The summed E-state index contributed by atoms with van der Waals surface area (Å²) >= 11 is 12.1. The van der Waals surface area contributed by atoms with E-state index in [1.807, 2.05) is 0 Å². The number of benzene rings is 2. The summed E-state index contributed by atoms with van der Waals surface area (Å²) < 4.78 is 40.7. The lowest BCUT2D eigenvalue weighted by molar-refractivity contribution is -0.141. The summed E-state index contributed by atoms with van der Waals surface area (Å²) in [6.45, 7) is 1.60. The van der Waals surface area contributed by atoms with Crippen LogP contribution in [0.5, 0.6) is 0 Å². The molecular formula is C20H15Cl2F3N4O2. The number of rotatable bonds is 4. The van der Waals surface area contributed by atoms with Crippen molar-refractivity contribution in [3.8, 4) is 5.69 Å². The monoisotopic (exact) mass is 470 g/mol. The summed E-state index contributed by atoms with van der Waals surface area (Å²) in [6, 6.07) is 9.49. The summed E-state index contributed by atoms with van der Waals surface area (Å²) in [7, 11) is 1.40.